The van der Waals surface area contributed by atoms with Gasteiger partial charge in [-0.05, 0) is 64.7 Å². The molecule has 0 spiro atoms. The minimum Gasteiger partial charge on any atom is -0.495 e. The number of carbonyl (C=O) groups excluding carboxylic acids is 1. The molecule has 2 rings (SSSR count). The highest BCUT2D eigenvalue weighted by molar-refractivity contribution is 6.32. The van der Waals surface area contributed by atoms with E-state index in [4.69, 9.17) is 21.1 Å². The van der Waals surface area contributed by atoms with Crippen molar-refractivity contribution in [3.63, 3.8) is 0 Å². The van der Waals surface area contributed by atoms with Gasteiger partial charge < -0.3 is 20.1 Å². The van der Waals surface area contributed by atoms with Gasteiger partial charge in [0, 0.05) is 17.8 Å². The molecule has 0 saturated heterocycles. The first-order valence-electron chi connectivity index (χ1n) is 8.36. The van der Waals surface area contributed by atoms with Gasteiger partial charge in [-0.25, -0.2) is 4.79 Å². The number of hydrogen-bond donors (Lipinski definition) is 2. The van der Waals surface area contributed by atoms with E-state index in [0.717, 1.165) is 31.4 Å². The van der Waals surface area contributed by atoms with Crippen LogP contribution < -0.4 is 15.4 Å². The molecule has 1 saturated carbocycles. The van der Waals surface area contributed by atoms with Crippen LogP contribution >= 0.6 is 11.6 Å². The standard InChI is InChI=1S/C18H27ClN2O3/c1-18(2,3)24-17(22)21-13-7-5-12(6-8-13)20-14-9-10-16(23-4)15(19)11-14/h9-13,20H,5-8H2,1-4H3,(H,21,22). The summed E-state index contributed by atoms with van der Waals surface area (Å²) in [6.07, 6.45) is 3.51. The van der Waals surface area contributed by atoms with Crippen molar-refractivity contribution in [1.82, 2.24) is 5.32 Å². The Bertz CT molecular complexity index is 564. The lowest BCUT2D eigenvalue weighted by atomic mass is 9.91. The fourth-order valence-electron chi connectivity index (χ4n) is 2.85. The van der Waals surface area contributed by atoms with E-state index >= 15 is 0 Å². The number of ether oxygens (including phenoxy) is 2. The lowest BCUT2D eigenvalue weighted by Crippen LogP contribution is -2.42. The molecule has 0 radical (unpaired) electrons. The van der Waals surface area contributed by atoms with Crippen LogP contribution in [-0.2, 0) is 4.74 Å². The fourth-order valence-corrected chi connectivity index (χ4v) is 3.11. The largest absolute Gasteiger partial charge is 0.495 e. The highest BCUT2D eigenvalue weighted by Crippen LogP contribution is 2.29. The Hall–Kier alpha value is -1.62. The molecule has 1 aliphatic carbocycles. The molecular weight excluding hydrogens is 328 g/mol. The molecule has 0 bridgehead atoms. The Morgan fingerprint density at radius 1 is 1.17 bits per heavy atom. The number of nitrogens with one attached hydrogen (secondary N) is 2. The molecular formula is C18H27ClN2O3. The third-order valence-electron chi connectivity index (χ3n) is 3.97. The van der Waals surface area contributed by atoms with E-state index in [9.17, 15) is 4.79 Å². The van der Waals surface area contributed by atoms with Crippen LogP contribution in [0.1, 0.15) is 46.5 Å². The SMILES string of the molecule is COc1ccc(NC2CCC(NC(=O)OC(C)(C)C)CC2)cc1Cl. The first kappa shape index (κ1) is 18.7. The number of amides is 1. The van der Waals surface area contributed by atoms with Crippen LogP contribution in [0.3, 0.4) is 0 Å². The average molecular weight is 355 g/mol. The molecule has 1 aliphatic rings. The Labute approximate surface area is 149 Å². The molecule has 24 heavy (non-hydrogen) atoms. The molecule has 1 aromatic rings. The van der Waals surface area contributed by atoms with Crippen molar-refractivity contribution in [2.75, 3.05) is 12.4 Å². The predicted octanol–water partition coefficient (Wildman–Crippen LogP) is 4.60. The molecule has 1 amide bonds. The first-order valence-corrected chi connectivity index (χ1v) is 8.74. The number of hydrogen-bond acceptors (Lipinski definition) is 4. The quantitative estimate of drug-likeness (QED) is 0.829. The van der Waals surface area contributed by atoms with Crippen LogP contribution in [0.25, 0.3) is 0 Å². The van der Waals surface area contributed by atoms with Crippen molar-refractivity contribution in [3.8, 4) is 5.75 Å². The molecule has 5 nitrogen and oxygen atoms in total. The van der Waals surface area contributed by atoms with Gasteiger partial charge >= 0.3 is 6.09 Å². The van der Waals surface area contributed by atoms with Crippen LogP contribution in [0.4, 0.5) is 10.5 Å². The molecule has 0 unspecified atom stereocenters. The van der Waals surface area contributed by atoms with Crippen molar-refractivity contribution >= 4 is 23.4 Å². The van der Waals surface area contributed by atoms with Gasteiger partial charge in [-0.1, -0.05) is 11.6 Å². The van der Waals surface area contributed by atoms with Crippen LogP contribution in [0.15, 0.2) is 18.2 Å². The fraction of sp³-hybridized carbons (Fsp3) is 0.611. The Morgan fingerprint density at radius 2 is 1.79 bits per heavy atom. The van der Waals surface area contributed by atoms with Gasteiger partial charge in [-0.2, -0.15) is 0 Å². The molecule has 1 aromatic carbocycles. The molecule has 1 fully saturated rings. The summed E-state index contributed by atoms with van der Waals surface area (Å²) < 4.78 is 10.5. The molecule has 2 N–H and O–H groups in total. The normalized spacial score (nSPS) is 21.0. The Balaban J connectivity index is 1.78. The van der Waals surface area contributed by atoms with Gasteiger partial charge in [0.2, 0.25) is 0 Å². The van der Waals surface area contributed by atoms with Gasteiger partial charge in [0.05, 0.1) is 12.1 Å². The molecule has 0 atom stereocenters. The second-order valence-electron chi connectivity index (χ2n) is 7.19. The predicted molar refractivity (Wildman–Crippen MR) is 97.0 cm³/mol. The second kappa shape index (κ2) is 7.97. The molecule has 0 heterocycles. The number of carbonyl (C=O) groups is 1. The highest BCUT2D eigenvalue weighted by Gasteiger charge is 2.24. The van der Waals surface area contributed by atoms with Gasteiger partial charge in [-0.3, -0.25) is 0 Å². The number of methoxy groups -OCH3 is 1. The van der Waals surface area contributed by atoms with Crippen LogP contribution in [0.2, 0.25) is 5.02 Å². The maximum Gasteiger partial charge on any atom is 0.407 e. The maximum atomic E-state index is 11.8. The third kappa shape index (κ3) is 5.78. The van der Waals surface area contributed by atoms with Crippen molar-refractivity contribution in [3.05, 3.63) is 23.2 Å². The zero-order valence-corrected chi connectivity index (χ0v) is 15.6. The van der Waals surface area contributed by atoms with E-state index in [1.807, 2.05) is 39.0 Å². The van der Waals surface area contributed by atoms with E-state index in [1.165, 1.54) is 0 Å². The zero-order valence-electron chi connectivity index (χ0n) is 14.8. The van der Waals surface area contributed by atoms with E-state index in [0.29, 0.717) is 16.8 Å². The number of rotatable bonds is 4. The summed E-state index contributed by atoms with van der Waals surface area (Å²) in [6.45, 7) is 5.61. The smallest absolute Gasteiger partial charge is 0.407 e. The van der Waals surface area contributed by atoms with Gasteiger partial charge in [0.15, 0.2) is 0 Å². The monoisotopic (exact) mass is 354 g/mol. The lowest BCUT2D eigenvalue weighted by molar-refractivity contribution is 0.0492. The summed E-state index contributed by atoms with van der Waals surface area (Å²) in [4.78, 5) is 11.8. The molecule has 0 aromatic heterocycles. The number of benzene rings is 1. The van der Waals surface area contributed by atoms with Crippen molar-refractivity contribution in [2.45, 2.75) is 64.1 Å². The van der Waals surface area contributed by atoms with Gasteiger partial charge in [0.1, 0.15) is 11.4 Å². The lowest BCUT2D eigenvalue weighted by Gasteiger charge is -2.31. The third-order valence-corrected chi connectivity index (χ3v) is 4.27. The topological polar surface area (TPSA) is 59.6 Å². The minimum absolute atomic E-state index is 0.178. The Kier molecular flexibility index (Phi) is 6.21. The van der Waals surface area contributed by atoms with E-state index in [2.05, 4.69) is 10.6 Å². The van der Waals surface area contributed by atoms with Crippen molar-refractivity contribution < 1.29 is 14.3 Å². The van der Waals surface area contributed by atoms with Gasteiger partial charge in [0.25, 0.3) is 0 Å². The molecule has 0 aliphatic heterocycles. The highest BCUT2D eigenvalue weighted by atomic mass is 35.5. The minimum atomic E-state index is -0.462. The molecule has 134 valence electrons. The van der Waals surface area contributed by atoms with Gasteiger partial charge in [-0.15, -0.1) is 0 Å². The maximum absolute atomic E-state index is 11.8. The number of halogens is 1. The van der Waals surface area contributed by atoms with Crippen molar-refractivity contribution in [2.24, 2.45) is 0 Å². The van der Waals surface area contributed by atoms with Crippen LogP contribution in [0.5, 0.6) is 5.75 Å². The van der Waals surface area contributed by atoms with Crippen LogP contribution in [0, 0.1) is 0 Å². The zero-order chi connectivity index (χ0) is 17.7. The van der Waals surface area contributed by atoms with E-state index in [-0.39, 0.29) is 12.1 Å². The Morgan fingerprint density at radius 3 is 2.33 bits per heavy atom. The summed E-state index contributed by atoms with van der Waals surface area (Å²) in [5, 5.41) is 7.06. The van der Waals surface area contributed by atoms with E-state index < -0.39 is 5.60 Å². The average Bonchev–Trinajstić information content (AvgIpc) is 2.47. The summed E-state index contributed by atoms with van der Waals surface area (Å²) >= 11 is 6.15. The first-order chi connectivity index (χ1) is 11.3. The molecule has 6 heteroatoms. The van der Waals surface area contributed by atoms with Crippen LogP contribution in [-0.4, -0.2) is 30.9 Å². The summed E-state index contributed by atoms with van der Waals surface area (Å²) in [5.74, 6) is 0.674. The summed E-state index contributed by atoms with van der Waals surface area (Å²) in [6, 6.07) is 6.27. The number of anilines is 1. The summed E-state index contributed by atoms with van der Waals surface area (Å²) in [7, 11) is 1.60. The van der Waals surface area contributed by atoms with Crippen molar-refractivity contribution in [1.29, 1.82) is 0 Å². The number of alkyl carbamates (subject to hydrolysis) is 1. The summed E-state index contributed by atoms with van der Waals surface area (Å²) in [5.41, 5.74) is 0.528. The van der Waals surface area contributed by atoms with E-state index in [1.54, 1.807) is 7.11 Å². The second-order valence-corrected chi connectivity index (χ2v) is 7.60.